The maximum atomic E-state index is 12.9. The van der Waals surface area contributed by atoms with Crippen LogP contribution in [0.1, 0.15) is 59.9 Å². The van der Waals surface area contributed by atoms with Crippen LogP contribution in [0.15, 0.2) is 23.0 Å². The van der Waals surface area contributed by atoms with E-state index in [-0.39, 0.29) is 11.0 Å². The summed E-state index contributed by atoms with van der Waals surface area (Å²) in [4.78, 5) is 25.7. The number of para-hydroxylation sites is 1. The predicted octanol–water partition coefficient (Wildman–Crippen LogP) is 5.91. The van der Waals surface area contributed by atoms with Gasteiger partial charge in [-0.1, -0.05) is 55.5 Å². The lowest BCUT2D eigenvalue weighted by molar-refractivity contribution is 0.102. The first kappa shape index (κ1) is 21.5. The number of aromatic nitrogens is 1. The number of benzene rings is 1. The van der Waals surface area contributed by atoms with Gasteiger partial charge in [-0.3, -0.25) is 9.59 Å². The molecule has 2 rings (SSSR count). The van der Waals surface area contributed by atoms with Crippen LogP contribution in [0.5, 0.6) is 0 Å². The lowest BCUT2D eigenvalue weighted by atomic mass is 10.1. The molecule has 0 atom stereocenters. The van der Waals surface area contributed by atoms with Crippen LogP contribution in [0.3, 0.4) is 0 Å². The van der Waals surface area contributed by atoms with E-state index in [1.165, 1.54) is 6.42 Å². The fourth-order valence-electron chi connectivity index (χ4n) is 3.20. The van der Waals surface area contributed by atoms with E-state index in [4.69, 9.17) is 23.2 Å². The number of nitrogens with one attached hydrogen (secondary N) is 1. The number of carbonyl (C=O) groups is 1. The van der Waals surface area contributed by atoms with Gasteiger partial charge in [0.15, 0.2) is 5.43 Å². The first-order valence-corrected chi connectivity index (χ1v) is 10.0. The third-order valence-electron chi connectivity index (χ3n) is 4.95. The van der Waals surface area contributed by atoms with Crippen LogP contribution < -0.4 is 10.7 Å². The molecule has 0 radical (unpaired) electrons. The summed E-state index contributed by atoms with van der Waals surface area (Å²) in [6, 6.07) is 4.98. The van der Waals surface area contributed by atoms with Crippen molar-refractivity contribution < 1.29 is 4.79 Å². The molecule has 4 nitrogen and oxygen atoms in total. The Kier molecular flexibility index (Phi) is 7.51. The number of amides is 1. The SMILES string of the molecule is CCCCCCn1c(C)c(C)c(=O)c(C(=O)Nc2c(Cl)cccc2Cl)c1C. The van der Waals surface area contributed by atoms with E-state index >= 15 is 0 Å². The van der Waals surface area contributed by atoms with E-state index in [9.17, 15) is 9.59 Å². The molecule has 0 fully saturated rings. The van der Waals surface area contributed by atoms with Crippen LogP contribution in [0.2, 0.25) is 10.0 Å². The molecule has 1 aromatic heterocycles. The van der Waals surface area contributed by atoms with Crippen molar-refractivity contribution in [3.63, 3.8) is 0 Å². The van der Waals surface area contributed by atoms with Gasteiger partial charge < -0.3 is 9.88 Å². The minimum Gasteiger partial charge on any atom is -0.348 e. The number of carbonyl (C=O) groups excluding carboxylic acids is 1. The first-order valence-electron chi connectivity index (χ1n) is 9.25. The first-order chi connectivity index (χ1) is 12.8. The molecule has 0 aliphatic heterocycles. The van der Waals surface area contributed by atoms with Crippen molar-refractivity contribution in [2.45, 2.75) is 59.9 Å². The summed E-state index contributed by atoms with van der Waals surface area (Å²) in [6.45, 7) is 8.46. The molecule has 0 aliphatic carbocycles. The number of halogens is 2. The highest BCUT2D eigenvalue weighted by atomic mass is 35.5. The lowest BCUT2D eigenvalue weighted by Gasteiger charge is -2.20. The van der Waals surface area contributed by atoms with E-state index in [0.29, 0.717) is 27.0 Å². The van der Waals surface area contributed by atoms with Crippen LogP contribution in [-0.4, -0.2) is 10.5 Å². The highest BCUT2D eigenvalue weighted by Crippen LogP contribution is 2.30. The van der Waals surface area contributed by atoms with Gasteiger partial charge in [0.05, 0.1) is 15.7 Å². The molecule has 0 bridgehead atoms. The zero-order valence-corrected chi connectivity index (χ0v) is 17.8. The second-order valence-electron chi connectivity index (χ2n) is 6.76. The van der Waals surface area contributed by atoms with Crippen LogP contribution in [0.25, 0.3) is 0 Å². The average Bonchev–Trinajstić information content (AvgIpc) is 2.62. The fraction of sp³-hybridized carbons (Fsp3) is 0.429. The highest BCUT2D eigenvalue weighted by molar-refractivity contribution is 6.40. The van der Waals surface area contributed by atoms with E-state index < -0.39 is 5.91 Å². The summed E-state index contributed by atoms with van der Waals surface area (Å²) in [5, 5.41) is 3.37. The van der Waals surface area contributed by atoms with Crippen LogP contribution in [-0.2, 0) is 6.54 Å². The molecular formula is C21H26Cl2N2O2. The van der Waals surface area contributed by atoms with E-state index in [2.05, 4.69) is 16.8 Å². The number of rotatable bonds is 7. The third-order valence-corrected chi connectivity index (χ3v) is 5.58. The quantitative estimate of drug-likeness (QED) is 0.578. The molecule has 6 heteroatoms. The van der Waals surface area contributed by atoms with Gasteiger partial charge in [0.25, 0.3) is 5.91 Å². The van der Waals surface area contributed by atoms with Crippen LogP contribution >= 0.6 is 23.2 Å². The Morgan fingerprint density at radius 1 is 1.04 bits per heavy atom. The largest absolute Gasteiger partial charge is 0.348 e. The zero-order chi connectivity index (χ0) is 20.1. The van der Waals surface area contributed by atoms with Crippen molar-refractivity contribution in [3.05, 3.63) is 61.0 Å². The summed E-state index contributed by atoms with van der Waals surface area (Å²) in [5.74, 6) is -0.488. The van der Waals surface area contributed by atoms with Crippen molar-refractivity contribution >= 4 is 34.8 Å². The van der Waals surface area contributed by atoms with Crippen molar-refractivity contribution in [2.24, 2.45) is 0 Å². The number of nitrogens with zero attached hydrogens (tertiary/aromatic N) is 1. The van der Waals surface area contributed by atoms with Gasteiger partial charge in [-0.25, -0.2) is 0 Å². The summed E-state index contributed by atoms with van der Waals surface area (Å²) in [5.41, 5.74) is 2.37. The molecule has 1 N–H and O–H groups in total. The summed E-state index contributed by atoms with van der Waals surface area (Å²) in [6.07, 6.45) is 4.47. The summed E-state index contributed by atoms with van der Waals surface area (Å²) >= 11 is 12.3. The minimum atomic E-state index is -0.488. The van der Waals surface area contributed by atoms with Gasteiger partial charge >= 0.3 is 0 Å². The molecule has 146 valence electrons. The number of hydrogen-bond acceptors (Lipinski definition) is 2. The van der Waals surface area contributed by atoms with Gasteiger partial charge in [-0.05, 0) is 39.3 Å². The van der Waals surface area contributed by atoms with Crippen molar-refractivity contribution in [3.8, 4) is 0 Å². The van der Waals surface area contributed by atoms with Crippen molar-refractivity contribution in [1.29, 1.82) is 0 Å². The monoisotopic (exact) mass is 408 g/mol. The molecule has 0 aliphatic rings. The topological polar surface area (TPSA) is 51.1 Å². The molecule has 0 spiro atoms. The maximum absolute atomic E-state index is 12.9. The van der Waals surface area contributed by atoms with Crippen LogP contribution in [0.4, 0.5) is 5.69 Å². The Hall–Kier alpha value is -1.78. The zero-order valence-electron chi connectivity index (χ0n) is 16.3. The molecule has 2 aromatic rings. The summed E-state index contributed by atoms with van der Waals surface area (Å²) in [7, 11) is 0. The van der Waals surface area contributed by atoms with E-state index in [1.54, 1.807) is 25.1 Å². The Bertz CT molecular complexity index is 884. The normalized spacial score (nSPS) is 10.9. The van der Waals surface area contributed by atoms with E-state index in [1.807, 2.05) is 13.8 Å². The Labute approximate surface area is 170 Å². The molecule has 1 amide bonds. The molecular weight excluding hydrogens is 383 g/mol. The molecule has 0 unspecified atom stereocenters. The van der Waals surface area contributed by atoms with Gasteiger partial charge in [-0.2, -0.15) is 0 Å². The second-order valence-corrected chi connectivity index (χ2v) is 7.58. The van der Waals surface area contributed by atoms with Crippen molar-refractivity contribution in [1.82, 2.24) is 4.57 Å². The maximum Gasteiger partial charge on any atom is 0.261 e. The van der Waals surface area contributed by atoms with E-state index in [0.717, 1.165) is 31.5 Å². The number of unbranched alkanes of at least 4 members (excludes halogenated alkanes) is 3. The number of hydrogen-bond donors (Lipinski definition) is 1. The van der Waals surface area contributed by atoms with Gasteiger partial charge in [0, 0.05) is 23.5 Å². The third kappa shape index (κ3) is 4.74. The molecule has 1 heterocycles. The molecule has 27 heavy (non-hydrogen) atoms. The highest BCUT2D eigenvalue weighted by Gasteiger charge is 2.21. The molecule has 0 saturated heterocycles. The Balaban J connectivity index is 2.42. The number of anilines is 1. The van der Waals surface area contributed by atoms with Crippen LogP contribution in [0, 0.1) is 20.8 Å². The standard InChI is InChI=1S/C21H26Cl2N2O2/c1-5-6-7-8-12-25-14(3)13(2)20(26)18(15(25)4)21(27)24-19-16(22)10-9-11-17(19)23/h9-11H,5-8,12H2,1-4H3,(H,24,27). The second kappa shape index (κ2) is 9.43. The summed E-state index contributed by atoms with van der Waals surface area (Å²) < 4.78 is 2.06. The minimum absolute atomic E-state index is 0.143. The Morgan fingerprint density at radius 2 is 1.67 bits per heavy atom. The number of pyridine rings is 1. The fourth-order valence-corrected chi connectivity index (χ4v) is 3.69. The molecule has 0 saturated carbocycles. The van der Waals surface area contributed by atoms with Gasteiger partial charge in [0.1, 0.15) is 5.56 Å². The molecule has 1 aromatic carbocycles. The van der Waals surface area contributed by atoms with Gasteiger partial charge in [-0.15, -0.1) is 0 Å². The van der Waals surface area contributed by atoms with Crippen molar-refractivity contribution in [2.75, 3.05) is 5.32 Å². The average molecular weight is 409 g/mol. The Morgan fingerprint density at radius 3 is 2.26 bits per heavy atom. The lowest BCUT2D eigenvalue weighted by Crippen LogP contribution is -2.29. The smallest absolute Gasteiger partial charge is 0.261 e. The van der Waals surface area contributed by atoms with Gasteiger partial charge in [0.2, 0.25) is 0 Å². The predicted molar refractivity (Wildman–Crippen MR) is 113 cm³/mol.